The molecule has 0 radical (unpaired) electrons. The number of rotatable bonds is 5. The molecule has 1 heterocycles. The zero-order valence-electron chi connectivity index (χ0n) is 15.9. The van der Waals surface area contributed by atoms with Crippen LogP contribution in [-0.2, 0) is 10.0 Å². The van der Waals surface area contributed by atoms with Gasteiger partial charge in [-0.1, -0.05) is 6.07 Å². The number of nitrogens with zero attached hydrogens (tertiary/aromatic N) is 2. The van der Waals surface area contributed by atoms with Gasteiger partial charge in [-0.2, -0.15) is 0 Å². The third-order valence-electron chi connectivity index (χ3n) is 4.27. The summed E-state index contributed by atoms with van der Waals surface area (Å²) >= 11 is 0. The van der Waals surface area contributed by atoms with Crippen molar-refractivity contribution in [2.24, 2.45) is 0 Å². The summed E-state index contributed by atoms with van der Waals surface area (Å²) in [5.41, 5.74) is 1.29. The number of anilines is 1. The minimum absolute atomic E-state index is 0.0211. The standard InChI is InChI=1S/C19H19FN4O4S/c1-12-11-21-19(26)24(12)15-6-4-5-14(10-15)22-18(25)13-7-8-16(20)17(9-13)29(27,28)23(2)3/h4-11H,1-3H3,(H,21,26)(H,22,25). The van der Waals surface area contributed by atoms with Gasteiger partial charge in [0.05, 0.1) is 5.69 Å². The fourth-order valence-electron chi connectivity index (χ4n) is 2.74. The van der Waals surface area contributed by atoms with Crippen LogP contribution in [0, 0.1) is 12.7 Å². The molecule has 8 nitrogen and oxygen atoms in total. The molecule has 0 atom stereocenters. The van der Waals surface area contributed by atoms with Crippen molar-refractivity contribution >= 4 is 21.6 Å². The number of hydrogen-bond donors (Lipinski definition) is 2. The zero-order chi connectivity index (χ0) is 21.3. The molecular formula is C19H19FN4O4S. The molecule has 0 aliphatic rings. The number of halogens is 1. The number of aromatic nitrogens is 2. The molecule has 0 aliphatic carbocycles. The summed E-state index contributed by atoms with van der Waals surface area (Å²) in [6.07, 6.45) is 1.57. The highest BCUT2D eigenvalue weighted by Crippen LogP contribution is 2.21. The van der Waals surface area contributed by atoms with E-state index >= 15 is 0 Å². The Kier molecular flexibility index (Phi) is 5.40. The molecule has 0 spiro atoms. The van der Waals surface area contributed by atoms with E-state index < -0.39 is 26.6 Å². The van der Waals surface area contributed by atoms with Gasteiger partial charge in [0.1, 0.15) is 10.7 Å². The molecule has 152 valence electrons. The van der Waals surface area contributed by atoms with E-state index in [9.17, 15) is 22.4 Å². The molecule has 1 aromatic heterocycles. The van der Waals surface area contributed by atoms with E-state index in [1.165, 1.54) is 24.7 Å². The zero-order valence-corrected chi connectivity index (χ0v) is 16.7. The highest BCUT2D eigenvalue weighted by atomic mass is 32.2. The number of carbonyl (C=O) groups excluding carboxylic acids is 1. The van der Waals surface area contributed by atoms with Gasteiger partial charge in [0.2, 0.25) is 10.0 Å². The molecule has 0 aliphatic heterocycles. The summed E-state index contributed by atoms with van der Waals surface area (Å²) in [6, 6.07) is 9.71. The smallest absolute Gasteiger partial charge is 0.322 e. The molecule has 0 unspecified atom stereocenters. The first-order valence-corrected chi connectivity index (χ1v) is 9.96. The molecule has 2 N–H and O–H groups in total. The topological polar surface area (TPSA) is 104 Å². The molecule has 0 fully saturated rings. The molecular weight excluding hydrogens is 399 g/mol. The second kappa shape index (κ2) is 7.64. The number of sulfonamides is 1. The molecule has 2 aromatic carbocycles. The van der Waals surface area contributed by atoms with Crippen LogP contribution in [0.2, 0.25) is 0 Å². The van der Waals surface area contributed by atoms with Crippen molar-refractivity contribution in [1.82, 2.24) is 13.9 Å². The highest BCUT2D eigenvalue weighted by Gasteiger charge is 2.23. The van der Waals surface area contributed by atoms with Crippen LogP contribution in [-0.4, -0.2) is 42.3 Å². The van der Waals surface area contributed by atoms with E-state index in [1.807, 2.05) is 0 Å². The van der Waals surface area contributed by atoms with Crippen molar-refractivity contribution in [1.29, 1.82) is 0 Å². The van der Waals surface area contributed by atoms with Crippen LogP contribution in [0.3, 0.4) is 0 Å². The van der Waals surface area contributed by atoms with Gasteiger partial charge in [-0.05, 0) is 43.3 Å². The van der Waals surface area contributed by atoms with Crippen LogP contribution < -0.4 is 11.0 Å². The molecule has 0 bridgehead atoms. The lowest BCUT2D eigenvalue weighted by Gasteiger charge is -2.13. The van der Waals surface area contributed by atoms with Gasteiger partial charge < -0.3 is 10.3 Å². The van der Waals surface area contributed by atoms with Gasteiger partial charge in [0.25, 0.3) is 5.91 Å². The first-order chi connectivity index (χ1) is 13.6. The Bertz CT molecular complexity index is 1250. The van der Waals surface area contributed by atoms with Gasteiger partial charge >= 0.3 is 5.69 Å². The maximum atomic E-state index is 14.0. The largest absolute Gasteiger partial charge is 0.330 e. The fourth-order valence-corrected chi connectivity index (χ4v) is 3.73. The fraction of sp³-hybridized carbons (Fsp3) is 0.158. The monoisotopic (exact) mass is 418 g/mol. The number of amides is 1. The molecule has 3 rings (SSSR count). The van der Waals surface area contributed by atoms with E-state index in [0.717, 1.165) is 16.4 Å². The number of H-pyrrole nitrogens is 1. The van der Waals surface area contributed by atoms with Crippen molar-refractivity contribution in [3.05, 3.63) is 76.2 Å². The van der Waals surface area contributed by atoms with Crippen molar-refractivity contribution in [2.75, 3.05) is 19.4 Å². The van der Waals surface area contributed by atoms with Crippen LogP contribution in [0.25, 0.3) is 5.69 Å². The first-order valence-electron chi connectivity index (χ1n) is 8.52. The second-order valence-corrected chi connectivity index (χ2v) is 8.63. The van der Waals surface area contributed by atoms with E-state index in [1.54, 1.807) is 37.4 Å². The molecule has 1 amide bonds. The van der Waals surface area contributed by atoms with Crippen molar-refractivity contribution in [2.45, 2.75) is 11.8 Å². The lowest BCUT2D eigenvalue weighted by molar-refractivity contribution is 0.102. The number of nitrogens with one attached hydrogen (secondary N) is 2. The quantitative estimate of drug-likeness (QED) is 0.662. The summed E-state index contributed by atoms with van der Waals surface area (Å²) < 4.78 is 40.8. The van der Waals surface area contributed by atoms with Gasteiger partial charge in [-0.3, -0.25) is 9.36 Å². The van der Waals surface area contributed by atoms with Crippen LogP contribution >= 0.6 is 0 Å². The Labute approximate surface area is 166 Å². The van der Waals surface area contributed by atoms with E-state index in [2.05, 4.69) is 10.3 Å². The SMILES string of the molecule is Cc1c[nH]c(=O)n1-c1cccc(NC(=O)c2ccc(F)c(S(=O)(=O)N(C)C)c2)c1. The third-order valence-corrected chi connectivity index (χ3v) is 6.10. The summed E-state index contributed by atoms with van der Waals surface area (Å²) in [7, 11) is -1.49. The van der Waals surface area contributed by atoms with Crippen molar-refractivity contribution in [3.8, 4) is 5.69 Å². The lowest BCUT2D eigenvalue weighted by Crippen LogP contribution is -2.24. The Morgan fingerprint density at radius 3 is 2.52 bits per heavy atom. The van der Waals surface area contributed by atoms with Gasteiger partial charge in [-0.15, -0.1) is 0 Å². The van der Waals surface area contributed by atoms with Crippen LogP contribution in [0.1, 0.15) is 16.1 Å². The molecule has 10 heteroatoms. The molecule has 29 heavy (non-hydrogen) atoms. The van der Waals surface area contributed by atoms with Crippen LogP contribution in [0.5, 0.6) is 0 Å². The summed E-state index contributed by atoms with van der Waals surface area (Å²) in [6.45, 7) is 1.76. The first kappa shape index (κ1) is 20.5. The van der Waals surface area contributed by atoms with Crippen molar-refractivity contribution < 1.29 is 17.6 Å². The highest BCUT2D eigenvalue weighted by molar-refractivity contribution is 7.89. The molecule has 0 saturated heterocycles. The van der Waals surface area contributed by atoms with E-state index in [4.69, 9.17) is 0 Å². The lowest BCUT2D eigenvalue weighted by atomic mass is 10.2. The van der Waals surface area contributed by atoms with Crippen LogP contribution in [0.4, 0.5) is 10.1 Å². The number of imidazole rings is 1. The Morgan fingerprint density at radius 1 is 1.17 bits per heavy atom. The second-order valence-electron chi connectivity index (χ2n) is 6.51. The minimum Gasteiger partial charge on any atom is -0.322 e. The Hall–Kier alpha value is -3.24. The molecule has 3 aromatic rings. The maximum absolute atomic E-state index is 14.0. The summed E-state index contributed by atoms with van der Waals surface area (Å²) in [5, 5.41) is 2.63. The predicted molar refractivity (Wildman–Crippen MR) is 106 cm³/mol. The average Bonchev–Trinajstić information content (AvgIpc) is 3.00. The number of benzene rings is 2. The van der Waals surface area contributed by atoms with Gasteiger partial charge in [0.15, 0.2) is 0 Å². The Morgan fingerprint density at radius 2 is 1.90 bits per heavy atom. The molecule has 0 saturated carbocycles. The summed E-state index contributed by atoms with van der Waals surface area (Å²) in [5.74, 6) is -1.56. The third kappa shape index (κ3) is 3.98. The summed E-state index contributed by atoms with van der Waals surface area (Å²) in [4.78, 5) is 26.5. The predicted octanol–water partition coefficient (Wildman–Crippen LogP) is 2.12. The van der Waals surface area contributed by atoms with Crippen LogP contribution in [0.15, 0.2) is 58.4 Å². The van der Waals surface area contributed by atoms with E-state index in [-0.39, 0.29) is 11.3 Å². The normalized spacial score (nSPS) is 11.6. The average molecular weight is 418 g/mol. The van der Waals surface area contributed by atoms with Gasteiger partial charge in [-0.25, -0.2) is 21.9 Å². The number of carbonyl (C=O) groups is 1. The number of hydrogen-bond acceptors (Lipinski definition) is 4. The number of aromatic amines is 1. The van der Waals surface area contributed by atoms with E-state index in [0.29, 0.717) is 17.1 Å². The van der Waals surface area contributed by atoms with Gasteiger partial charge in [0, 0.05) is 37.2 Å². The maximum Gasteiger partial charge on any atom is 0.330 e. The minimum atomic E-state index is -4.05. The number of aryl methyl sites for hydroxylation is 1. The Balaban J connectivity index is 1.92. The van der Waals surface area contributed by atoms with Crippen molar-refractivity contribution in [3.63, 3.8) is 0 Å².